The van der Waals surface area contributed by atoms with Gasteiger partial charge in [0.05, 0.1) is 0 Å². The van der Waals surface area contributed by atoms with Crippen LogP contribution in [-0.2, 0) is 0 Å². The maximum absolute atomic E-state index is 4.03. The summed E-state index contributed by atoms with van der Waals surface area (Å²) in [6, 6.07) is 0. The molecule has 0 radical (unpaired) electrons. The smallest absolute Gasteiger partial charge is 0.143 e. The predicted molar refractivity (Wildman–Crippen MR) is 43.6 cm³/mol. The number of hydrogen-bond donors (Lipinski definition) is 2. The van der Waals surface area contributed by atoms with Crippen molar-refractivity contribution in [2.24, 2.45) is 16.3 Å². The molecule has 0 aromatic rings. The second-order valence-corrected chi connectivity index (χ2v) is 2.87. The molecule has 0 aromatic heterocycles. The van der Waals surface area contributed by atoms with Gasteiger partial charge in [-0.3, -0.25) is 0 Å². The Balaban J connectivity index is 2.34. The second-order valence-electron chi connectivity index (χ2n) is 2.87. The maximum Gasteiger partial charge on any atom is 0.143 e. The summed E-state index contributed by atoms with van der Waals surface area (Å²) in [5.74, 6) is 0.624. The summed E-state index contributed by atoms with van der Waals surface area (Å²) in [6.45, 7) is 4.39. The normalized spacial score (nSPS) is 25.1. The summed E-state index contributed by atoms with van der Waals surface area (Å²) in [6.07, 6.45) is 3.78. The Morgan fingerprint density at radius 1 is 1.45 bits per heavy atom. The summed E-state index contributed by atoms with van der Waals surface area (Å²) in [4.78, 5) is 0. The van der Waals surface area contributed by atoms with E-state index in [1.54, 1.807) is 0 Å². The van der Waals surface area contributed by atoms with Crippen LogP contribution in [0.1, 0.15) is 33.1 Å². The SMILES string of the molecule is CCCC(CC)C1N=NNN1. The van der Waals surface area contributed by atoms with Crippen LogP contribution in [0.4, 0.5) is 0 Å². The zero-order chi connectivity index (χ0) is 8.10. The second kappa shape index (κ2) is 4.28. The van der Waals surface area contributed by atoms with E-state index in [2.05, 4.69) is 35.1 Å². The lowest BCUT2D eigenvalue weighted by molar-refractivity contribution is 0.337. The van der Waals surface area contributed by atoms with E-state index in [0.29, 0.717) is 5.92 Å². The number of hydrogen-bond acceptors (Lipinski definition) is 4. The first-order chi connectivity index (χ1) is 5.38. The molecule has 2 atom stereocenters. The van der Waals surface area contributed by atoms with Gasteiger partial charge in [0.15, 0.2) is 0 Å². The molecule has 64 valence electrons. The van der Waals surface area contributed by atoms with E-state index >= 15 is 0 Å². The van der Waals surface area contributed by atoms with Crippen molar-refractivity contribution in [3.63, 3.8) is 0 Å². The monoisotopic (exact) mass is 156 g/mol. The van der Waals surface area contributed by atoms with Crippen molar-refractivity contribution in [2.45, 2.75) is 39.3 Å². The molecule has 2 N–H and O–H groups in total. The lowest BCUT2D eigenvalue weighted by Crippen LogP contribution is -2.35. The molecule has 11 heavy (non-hydrogen) atoms. The van der Waals surface area contributed by atoms with E-state index in [9.17, 15) is 0 Å². The highest BCUT2D eigenvalue weighted by Gasteiger charge is 2.20. The van der Waals surface area contributed by atoms with Crippen molar-refractivity contribution in [2.75, 3.05) is 0 Å². The molecular weight excluding hydrogens is 140 g/mol. The van der Waals surface area contributed by atoms with Crippen LogP contribution in [0.5, 0.6) is 0 Å². The van der Waals surface area contributed by atoms with E-state index in [0.717, 1.165) is 6.42 Å². The Morgan fingerprint density at radius 3 is 2.73 bits per heavy atom. The fourth-order valence-electron chi connectivity index (χ4n) is 1.38. The number of nitrogens with zero attached hydrogens (tertiary/aromatic N) is 2. The molecule has 0 amide bonds. The van der Waals surface area contributed by atoms with Crippen molar-refractivity contribution in [1.82, 2.24) is 11.0 Å². The molecule has 1 aliphatic heterocycles. The van der Waals surface area contributed by atoms with Crippen molar-refractivity contribution >= 4 is 0 Å². The Morgan fingerprint density at radius 2 is 2.27 bits per heavy atom. The molecule has 0 fully saturated rings. The predicted octanol–water partition coefficient (Wildman–Crippen LogP) is 1.61. The molecule has 4 nitrogen and oxygen atoms in total. The van der Waals surface area contributed by atoms with E-state index in [1.807, 2.05) is 0 Å². The fraction of sp³-hybridized carbons (Fsp3) is 1.00. The Hall–Kier alpha value is -0.640. The summed E-state index contributed by atoms with van der Waals surface area (Å²) in [5, 5.41) is 7.71. The van der Waals surface area contributed by atoms with Crippen molar-refractivity contribution in [3.8, 4) is 0 Å². The third-order valence-corrected chi connectivity index (χ3v) is 2.07. The molecule has 0 saturated heterocycles. The van der Waals surface area contributed by atoms with Crippen LogP contribution in [0.15, 0.2) is 10.3 Å². The fourth-order valence-corrected chi connectivity index (χ4v) is 1.38. The minimum atomic E-state index is 0.194. The Bertz CT molecular complexity index is 134. The highest BCUT2D eigenvalue weighted by Crippen LogP contribution is 2.17. The zero-order valence-corrected chi connectivity index (χ0v) is 7.17. The van der Waals surface area contributed by atoms with Gasteiger partial charge in [0.25, 0.3) is 0 Å². The van der Waals surface area contributed by atoms with Crippen LogP contribution in [0, 0.1) is 5.92 Å². The first-order valence-corrected chi connectivity index (χ1v) is 4.28. The van der Waals surface area contributed by atoms with Gasteiger partial charge in [-0.15, -0.1) is 5.11 Å². The van der Waals surface area contributed by atoms with Crippen LogP contribution in [0.25, 0.3) is 0 Å². The van der Waals surface area contributed by atoms with Crippen LogP contribution in [0.3, 0.4) is 0 Å². The van der Waals surface area contributed by atoms with E-state index < -0.39 is 0 Å². The highest BCUT2D eigenvalue weighted by atomic mass is 15.7. The van der Waals surface area contributed by atoms with Crippen LogP contribution in [0.2, 0.25) is 0 Å². The molecule has 4 heteroatoms. The van der Waals surface area contributed by atoms with Gasteiger partial charge in [-0.2, -0.15) is 5.43 Å². The lowest BCUT2D eigenvalue weighted by Gasteiger charge is -2.16. The molecule has 0 saturated carbocycles. The first-order valence-electron chi connectivity index (χ1n) is 4.28. The van der Waals surface area contributed by atoms with Crippen molar-refractivity contribution in [3.05, 3.63) is 0 Å². The standard InChI is InChI=1S/C7H16N4/c1-3-5-6(4-2)7-8-10-11-9-7/h6-7H,3-5H2,1-2H3,(H,8,11)(H,9,10). The highest BCUT2D eigenvalue weighted by molar-refractivity contribution is 4.71. The van der Waals surface area contributed by atoms with E-state index in [4.69, 9.17) is 0 Å². The molecule has 1 heterocycles. The summed E-state index contributed by atoms with van der Waals surface area (Å²) in [5.41, 5.74) is 5.66. The van der Waals surface area contributed by atoms with Gasteiger partial charge in [-0.1, -0.05) is 25.5 Å². The largest absolute Gasteiger partial charge is 0.222 e. The van der Waals surface area contributed by atoms with Crippen LogP contribution < -0.4 is 11.0 Å². The van der Waals surface area contributed by atoms with Gasteiger partial charge < -0.3 is 0 Å². The average molecular weight is 156 g/mol. The number of nitrogens with one attached hydrogen (secondary N) is 2. The molecule has 0 bridgehead atoms. The minimum Gasteiger partial charge on any atom is -0.222 e. The Kier molecular flexibility index (Phi) is 3.29. The number of hydrazine groups is 1. The molecule has 0 aromatic carbocycles. The summed E-state index contributed by atoms with van der Waals surface area (Å²) < 4.78 is 0. The summed E-state index contributed by atoms with van der Waals surface area (Å²) in [7, 11) is 0. The maximum atomic E-state index is 4.03. The van der Waals surface area contributed by atoms with Gasteiger partial charge in [-0.05, 0) is 18.8 Å². The zero-order valence-electron chi connectivity index (χ0n) is 7.17. The topological polar surface area (TPSA) is 48.8 Å². The van der Waals surface area contributed by atoms with Crippen molar-refractivity contribution in [1.29, 1.82) is 0 Å². The van der Waals surface area contributed by atoms with Gasteiger partial charge >= 0.3 is 0 Å². The van der Waals surface area contributed by atoms with Gasteiger partial charge in [-0.25, -0.2) is 5.53 Å². The molecule has 1 rings (SSSR count). The van der Waals surface area contributed by atoms with E-state index in [-0.39, 0.29) is 6.17 Å². The van der Waals surface area contributed by atoms with E-state index in [1.165, 1.54) is 12.8 Å². The molecule has 0 spiro atoms. The lowest BCUT2D eigenvalue weighted by atomic mass is 9.98. The molecular formula is C7H16N4. The van der Waals surface area contributed by atoms with Gasteiger partial charge in [0, 0.05) is 0 Å². The molecule has 1 aliphatic rings. The van der Waals surface area contributed by atoms with Crippen LogP contribution in [-0.4, -0.2) is 6.17 Å². The Labute approximate surface area is 67.4 Å². The van der Waals surface area contributed by atoms with Gasteiger partial charge in [0.2, 0.25) is 0 Å². The molecule has 2 unspecified atom stereocenters. The minimum absolute atomic E-state index is 0.194. The van der Waals surface area contributed by atoms with Crippen LogP contribution >= 0.6 is 0 Å². The third-order valence-electron chi connectivity index (χ3n) is 2.07. The first kappa shape index (κ1) is 8.46. The summed E-state index contributed by atoms with van der Waals surface area (Å²) >= 11 is 0. The number of rotatable bonds is 4. The van der Waals surface area contributed by atoms with Gasteiger partial charge in [0.1, 0.15) is 6.17 Å². The average Bonchev–Trinajstić information content (AvgIpc) is 2.52. The third kappa shape index (κ3) is 2.15. The molecule has 0 aliphatic carbocycles. The quantitative estimate of drug-likeness (QED) is 0.649. The van der Waals surface area contributed by atoms with Crippen molar-refractivity contribution < 1.29 is 0 Å².